The SMILES string of the molecule is CCN(CC1CC(C)CCC1C)C(C)N(CC)CC1CC(C)CCC1C. The lowest BCUT2D eigenvalue weighted by molar-refractivity contribution is 0.0117. The first kappa shape index (κ1) is 22.2. The summed E-state index contributed by atoms with van der Waals surface area (Å²) in [4.78, 5) is 5.55. The van der Waals surface area contributed by atoms with Crippen LogP contribution in [-0.4, -0.2) is 42.1 Å². The van der Waals surface area contributed by atoms with Gasteiger partial charge >= 0.3 is 0 Å². The number of hydrogen-bond donors (Lipinski definition) is 0. The van der Waals surface area contributed by atoms with Gasteiger partial charge < -0.3 is 0 Å². The van der Waals surface area contributed by atoms with Crippen molar-refractivity contribution in [2.45, 2.75) is 93.2 Å². The van der Waals surface area contributed by atoms with Crippen LogP contribution in [0.3, 0.4) is 0 Å². The van der Waals surface area contributed by atoms with Crippen molar-refractivity contribution in [1.29, 1.82) is 0 Å². The van der Waals surface area contributed by atoms with E-state index in [2.05, 4.69) is 58.3 Å². The van der Waals surface area contributed by atoms with Gasteiger partial charge in [-0.05, 0) is 68.4 Å². The van der Waals surface area contributed by atoms with Crippen LogP contribution >= 0.6 is 0 Å². The van der Waals surface area contributed by atoms with E-state index in [1.165, 1.54) is 64.7 Å². The van der Waals surface area contributed by atoms with Crippen molar-refractivity contribution in [3.8, 4) is 0 Å². The molecule has 0 aromatic carbocycles. The monoisotopic (exact) mass is 364 g/mol. The van der Waals surface area contributed by atoms with Crippen LogP contribution < -0.4 is 0 Å². The van der Waals surface area contributed by atoms with Crippen LogP contribution in [0.25, 0.3) is 0 Å². The van der Waals surface area contributed by atoms with Gasteiger partial charge in [0.25, 0.3) is 0 Å². The Morgan fingerprint density at radius 2 is 1.08 bits per heavy atom. The van der Waals surface area contributed by atoms with Crippen LogP contribution in [0, 0.1) is 35.5 Å². The maximum absolute atomic E-state index is 2.78. The number of hydrogen-bond acceptors (Lipinski definition) is 2. The summed E-state index contributed by atoms with van der Waals surface area (Å²) in [5, 5.41) is 0. The van der Waals surface area contributed by atoms with E-state index in [1.807, 2.05) is 0 Å². The molecule has 0 spiro atoms. The zero-order valence-corrected chi connectivity index (χ0v) is 19.0. The zero-order chi connectivity index (χ0) is 19.3. The molecule has 0 aromatic heterocycles. The van der Waals surface area contributed by atoms with Gasteiger partial charge in [-0.25, -0.2) is 0 Å². The van der Waals surface area contributed by atoms with Crippen molar-refractivity contribution in [3.63, 3.8) is 0 Å². The lowest BCUT2D eigenvalue weighted by Gasteiger charge is -2.44. The molecule has 6 unspecified atom stereocenters. The van der Waals surface area contributed by atoms with E-state index in [-0.39, 0.29) is 0 Å². The van der Waals surface area contributed by atoms with Crippen molar-refractivity contribution < 1.29 is 0 Å². The van der Waals surface area contributed by atoms with Crippen LogP contribution in [0.4, 0.5) is 0 Å². The molecule has 0 N–H and O–H groups in total. The third-order valence-corrected chi connectivity index (χ3v) is 8.06. The minimum atomic E-state index is 0.582. The molecule has 0 aliphatic heterocycles. The molecule has 2 fully saturated rings. The maximum Gasteiger partial charge on any atom is 0.0593 e. The first-order valence-electron chi connectivity index (χ1n) is 11.8. The molecule has 2 heteroatoms. The molecule has 0 aromatic rings. The highest BCUT2D eigenvalue weighted by Gasteiger charge is 2.32. The van der Waals surface area contributed by atoms with E-state index in [1.54, 1.807) is 0 Å². The second kappa shape index (κ2) is 10.5. The third-order valence-electron chi connectivity index (χ3n) is 8.06. The van der Waals surface area contributed by atoms with E-state index >= 15 is 0 Å². The summed E-state index contributed by atoms with van der Waals surface area (Å²) in [6.45, 7) is 22.1. The van der Waals surface area contributed by atoms with E-state index in [4.69, 9.17) is 0 Å². The highest BCUT2D eigenvalue weighted by molar-refractivity contribution is 4.83. The average molecular weight is 365 g/mol. The molecule has 0 radical (unpaired) electrons. The second-order valence-corrected chi connectivity index (χ2v) is 10.1. The topological polar surface area (TPSA) is 6.48 Å². The summed E-state index contributed by atoms with van der Waals surface area (Å²) < 4.78 is 0. The van der Waals surface area contributed by atoms with Crippen LogP contribution in [-0.2, 0) is 0 Å². The fraction of sp³-hybridized carbons (Fsp3) is 1.00. The van der Waals surface area contributed by atoms with Gasteiger partial charge in [-0.2, -0.15) is 0 Å². The number of rotatable bonds is 8. The Morgan fingerprint density at radius 1 is 0.692 bits per heavy atom. The molecule has 0 saturated heterocycles. The van der Waals surface area contributed by atoms with Crippen molar-refractivity contribution in [3.05, 3.63) is 0 Å². The minimum Gasteiger partial charge on any atom is -0.288 e. The Kier molecular flexibility index (Phi) is 8.94. The van der Waals surface area contributed by atoms with Gasteiger partial charge in [-0.3, -0.25) is 9.80 Å². The van der Waals surface area contributed by atoms with Gasteiger partial charge in [0.05, 0.1) is 6.17 Å². The van der Waals surface area contributed by atoms with Crippen LogP contribution in [0.2, 0.25) is 0 Å². The quantitative estimate of drug-likeness (QED) is 0.479. The highest BCUT2D eigenvalue weighted by Crippen LogP contribution is 2.36. The summed E-state index contributed by atoms with van der Waals surface area (Å²) >= 11 is 0. The molecule has 154 valence electrons. The molecular weight excluding hydrogens is 316 g/mol. The molecule has 0 amide bonds. The molecule has 26 heavy (non-hydrogen) atoms. The normalized spacial score (nSPS) is 37.3. The van der Waals surface area contributed by atoms with E-state index in [0.717, 1.165) is 35.5 Å². The predicted molar refractivity (Wildman–Crippen MR) is 115 cm³/mol. The van der Waals surface area contributed by atoms with E-state index < -0.39 is 0 Å². The average Bonchev–Trinajstić information content (AvgIpc) is 2.62. The summed E-state index contributed by atoms with van der Waals surface area (Å²) in [5.41, 5.74) is 0. The fourth-order valence-corrected chi connectivity index (χ4v) is 5.73. The van der Waals surface area contributed by atoms with Gasteiger partial charge in [0.1, 0.15) is 0 Å². The minimum absolute atomic E-state index is 0.582. The Morgan fingerprint density at radius 3 is 1.42 bits per heavy atom. The Labute approximate surface area is 165 Å². The Bertz CT molecular complexity index is 360. The zero-order valence-electron chi connectivity index (χ0n) is 19.0. The second-order valence-electron chi connectivity index (χ2n) is 10.1. The van der Waals surface area contributed by atoms with E-state index in [0.29, 0.717) is 6.17 Å². The van der Waals surface area contributed by atoms with Crippen LogP contribution in [0.5, 0.6) is 0 Å². The third kappa shape index (κ3) is 5.96. The van der Waals surface area contributed by atoms with Crippen molar-refractivity contribution >= 4 is 0 Å². The van der Waals surface area contributed by atoms with E-state index in [9.17, 15) is 0 Å². The molecule has 6 atom stereocenters. The molecule has 2 aliphatic rings. The number of nitrogens with zero attached hydrogens (tertiary/aromatic N) is 2. The predicted octanol–water partition coefficient (Wildman–Crippen LogP) is 6.12. The molecular formula is C24H48N2. The van der Waals surface area contributed by atoms with Gasteiger partial charge in [-0.1, -0.05) is 67.2 Å². The molecule has 2 nitrogen and oxygen atoms in total. The van der Waals surface area contributed by atoms with Gasteiger partial charge in [0.2, 0.25) is 0 Å². The molecule has 2 aliphatic carbocycles. The highest BCUT2D eigenvalue weighted by atomic mass is 15.3. The smallest absolute Gasteiger partial charge is 0.0593 e. The first-order chi connectivity index (χ1) is 12.3. The Hall–Kier alpha value is -0.0800. The van der Waals surface area contributed by atoms with Crippen molar-refractivity contribution in [1.82, 2.24) is 9.80 Å². The fourth-order valence-electron chi connectivity index (χ4n) is 5.73. The largest absolute Gasteiger partial charge is 0.288 e. The van der Waals surface area contributed by atoms with Crippen molar-refractivity contribution in [2.75, 3.05) is 26.2 Å². The standard InChI is InChI=1S/C24H48N2/c1-8-25(16-23-14-18(3)10-12-20(23)5)22(7)26(9-2)17-24-15-19(4)11-13-21(24)6/h18-24H,8-17H2,1-7H3. The maximum atomic E-state index is 2.78. The molecule has 0 heterocycles. The van der Waals surface area contributed by atoms with Gasteiger partial charge in [-0.15, -0.1) is 0 Å². The molecule has 0 bridgehead atoms. The van der Waals surface area contributed by atoms with Crippen LogP contribution in [0.15, 0.2) is 0 Å². The summed E-state index contributed by atoms with van der Waals surface area (Å²) in [6.07, 6.45) is 9.22. The van der Waals surface area contributed by atoms with Crippen LogP contribution in [0.1, 0.15) is 87.0 Å². The van der Waals surface area contributed by atoms with Crippen molar-refractivity contribution in [2.24, 2.45) is 35.5 Å². The molecule has 2 saturated carbocycles. The summed E-state index contributed by atoms with van der Waals surface area (Å²) in [6, 6.07) is 0. The lowest BCUT2D eigenvalue weighted by Crippen LogP contribution is -2.51. The lowest BCUT2D eigenvalue weighted by atomic mass is 9.75. The molecule has 2 rings (SSSR count). The van der Waals surface area contributed by atoms with Gasteiger partial charge in [0, 0.05) is 13.1 Å². The first-order valence-corrected chi connectivity index (χ1v) is 11.8. The van der Waals surface area contributed by atoms with Gasteiger partial charge in [0.15, 0.2) is 0 Å². The Balaban J connectivity index is 1.96. The summed E-state index contributed by atoms with van der Waals surface area (Å²) in [5.74, 6) is 5.46. The summed E-state index contributed by atoms with van der Waals surface area (Å²) in [7, 11) is 0.